The number of hydrogen-bond donors (Lipinski definition) is 2. The highest BCUT2D eigenvalue weighted by atomic mass is 32.2. The molecule has 1 aliphatic rings. The molecule has 0 amide bonds. The zero-order valence-electron chi connectivity index (χ0n) is 6.07. The van der Waals surface area contributed by atoms with E-state index in [1.807, 2.05) is 6.92 Å². The summed E-state index contributed by atoms with van der Waals surface area (Å²) >= 11 is 1.35. The summed E-state index contributed by atoms with van der Waals surface area (Å²) in [5.74, 6) is 0. The van der Waals surface area contributed by atoms with Crippen molar-refractivity contribution in [2.24, 2.45) is 10.9 Å². The summed E-state index contributed by atoms with van der Waals surface area (Å²) in [4.78, 5) is 0.190. The van der Waals surface area contributed by atoms with Crippen molar-refractivity contribution in [3.05, 3.63) is 9.93 Å². The highest BCUT2D eigenvalue weighted by Gasteiger charge is 2.26. The topological polar surface area (TPSA) is 86.2 Å². The Morgan fingerprint density at radius 1 is 1.64 bits per heavy atom. The molecule has 0 aliphatic carbocycles. The number of thioether (sulfide) groups is 1. The summed E-state index contributed by atoms with van der Waals surface area (Å²) in [5.41, 5.74) is 5.44. The van der Waals surface area contributed by atoms with E-state index in [-0.39, 0.29) is 10.2 Å². The predicted molar refractivity (Wildman–Crippen MR) is 46.0 cm³/mol. The van der Waals surface area contributed by atoms with Crippen LogP contribution in [0.1, 0.15) is 13.3 Å². The molecule has 0 bridgehead atoms. The molecule has 0 radical (unpaired) electrons. The molecule has 0 fully saturated rings. The van der Waals surface area contributed by atoms with Gasteiger partial charge in [0, 0.05) is 5.25 Å². The maximum atomic E-state index is 10.8. The average molecular weight is 194 g/mol. The van der Waals surface area contributed by atoms with Crippen molar-refractivity contribution in [3.63, 3.8) is 0 Å². The third-order valence-corrected chi connectivity index (χ3v) is 3.69. The minimum Gasteiger partial charge on any atom is -0.393 e. The molecule has 0 aromatic heterocycles. The number of primary sulfonamides is 1. The van der Waals surface area contributed by atoms with Crippen LogP contribution in [0.15, 0.2) is 9.93 Å². The molecule has 0 saturated carbocycles. The van der Waals surface area contributed by atoms with Crippen molar-refractivity contribution >= 4 is 21.8 Å². The van der Waals surface area contributed by atoms with Crippen LogP contribution < -0.4 is 10.9 Å². The van der Waals surface area contributed by atoms with E-state index < -0.39 is 10.0 Å². The van der Waals surface area contributed by atoms with Crippen molar-refractivity contribution in [2.45, 2.75) is 18.6 Å². The highest BCUT2D eigenvalue weighted by molar-refractivity contribution is 8.05. The van der Waals surface area contributed by atoms with Crippen LogP contribution in [-0.4, -0.2) is 13.7 Å². The summed E-state index contributed by atoms with van der Waals surface area (Å²) < 4.78 is 21.6. The minimum absolute atomic E-state index is 0.190. The molecule has 1 rings (SSSR count). The van der Waals surface area contributed by atoms with Crippen LogP contribution in [0.5, 0.6) is 0 Å². The first-order valence-corrected chi connectivity index (χ1v) is 5.52. The van der Waals surface area contributed by atoms with Gasteiger partial charge in [0.2, 0.25) is 10.0 Å². The van der Waals surface area contributed by atoms with Crippen molar-refractivity contribution in [1.29, 1.82) is 0 Å². The maximum absolute atomic E-state index is 10.8. The van der Waals surface area contributed by atoms with Crippen LogP contribution in [0.25, 0.3) is 0 Å². The van der Waals surface area contributed by atoms with Crippen molar-refractivity contribution < 1.29 is 8.42 Å². The largest absolute Gasteiger partial charge is 0.393 e. The van der Waals surface area contributed by atoms with Crippen molar-refractivity contribution in [3.8, 4) is 0 Å². The lowest BCUT2D eigenvalue weighted by molar-refractivity contribution is 0.601. The first-order valence-electron chi connectivity index (χ1n) is 3.09. The van der Waals surface area contributed by atoms with Gasteiger partial charge in [-0.25, -0.2) is 13.6 Å². The van der Waals surface area contributed by atoms with Gasteiger partial charge in [-0.1, -0.05) is 6.92 Å². The molecule has 1 unspecified atom stereocenters. The van der Waals surface area contributed by atoms with Crippen LogP contribution in [0.2, 0.25) is 0 Å². The third kappa shape index (κ3) is 1.88. The Kier molecular flexibility index (Phi) is 2.17. The molecule has 0 aromatic carbocycles. The first kappa shape index (κ1) is 8.89. The van der Waals surface area contributed by atoms with Gasteiger partial charge in [-0.15, -0.1) is 11.8 Å². The Bertz CT molecular complexity index is 294. The lowest BCUT2D eigenvalue weighted by atomic mass is 10.3. The second-order valence-electron chi connectivity index (χ2n) is 2.47. The van der Waals surface area contributed by atoms with Crippen molar-refractivity contribution in [1.82, 2.24) is 0 Å². The number of allylic oxidation sites excluding steroid dienone is 1. The number of hydrogen-bond acceptors (Lipinski definition) is 4. The Hall–Kier alpha value is -0.200. The number of rotatable bonds is 1. The molecule has 0 saturated heterocycles. The summed E-state index contributed by atoms with van der Waals surface area (Å²) in [6.45, 7) is 1.91. The molecule has 4 N–H and O–H groups in total. The monoisotopic (exact) mass is 194 g/mol. The van der Waals surface area contributed by atoms with Crippen LogP contribution in [-0.2, 0) is 10.0 Å². The van der Waals surface area contributed by atoms with E-state index in [1.165, 1.54) is 11.8 Å². The Morgan fingerprint density at radius 3 is 2.36 bits per heavy atom. The summed E-state index contributed by atoms with van der Waals surface area (Å²) in [7, 11) is -3.55. The molecule has 64 valence electrons. The molecule has 11 heavy (non-hydrogen) atoms. The Morgan fingerprint density at radius 2 is 2.18 bits per heavy atom. The van der Waals surface area contributed by atoms with E-state index in [9.17, 15) is 8.42 Å². The van der Waals surface area contributed by atoms with Crippen LogP contribution in [0, 0.1) is 0 Å². The van der Waals surface area contributed by atoms with Gasteiger partial charge in [0.1, 0.15) is 0 Å². The second kappa shape index (κ2) is 2.69. The normalized spacial score (nSPS) is 26.2. The zero-order chi connectivity index (χ0) is 8.65. The van der Waals surface area contributed by atoms with E-state index in [2.05, 4.69) is 0 Å². The van der Waals surface area contributed by atoms with Crippen LogP contribution in [0.4, 0.5) is 0 Å². The Balaban J connectivity index is 2.99. The standard InChI is InChI=1S/C5H10N2O2S2/c1-3-2-4(5(6)10-3)11(7,8)9/h3H,2,6H2,1H3,(H2,7,8,9). The fourth-order valence-electron chi connectivity index (χ4n) is 0.942. The zero-order valence-corrected chi connectivity index (χ0v) is 7.71. The molecule has 1 heterocycles. The quantitative estimate of drug-likeness (QED) is 0.611. The van der Waals surface area contributed by atoms with Gasteiger partial charge in [0.05, 0.1) is 9.93 Å². The second-order valence-corrected chi connectivity index (χ2v) is 5.53. The van der Waals surface area contributed by atoms with Gasteiger partial charge in [0.25, 0.3) is 0 Å². The fourth-order valence-corrected chi connectivity index (χ4v) is 3.20. The molecule has 0 spiro atoms. The van der Waals surface area contributed by atoms with Crippen molar-refractivity contribution in [2.75, 3.05) is 0 Å². The maximum Gasteiger partial charge on any atom is 0.236 e. The molecular formula is C5H10N2O2S2. The fraction of sp³-hybridized carbons (Fsp3) is 0.600. The smallest absolute Gasteiger partial charge is 0.236 e. The van der Waals surface area contributed by atoms with Crippen LogP contribution >= 0.6 is 11.8 Å². The Labute approximate surface area is 70.1 Å². The molecule has 4 nitrogen and oxygen atoms in total. The highest BCUT2D eigenvalue weighted by Crippen LogP contribution is 2.35. The minimum atomic E-state index is -3.55. The van der Waals surface area contributed by atoms with E-state index in [0.717, 1.165) is 0 Å². The van der Waals surface area contributed by atoms with E-state index in [1.54, 1.807) is 0 Å². The lowest BCUT2D eigenvalue weighted by Gasteiger charge is -1.97. The van der Waals surface area contributed by atoms with Gasteiger partial charge in [-0.05, 0) is 6.42 Å². The van der Waals surface area contributed by atoms with Crippen LogP contribution in [0.3, 0.4) is 0 Å². The summed E-state index contributed by atoms with van der Waals surface area (Å²) in [6.07, 6.45) is 0.454. The summed E-state index contributed by atoms with van der Waals surface area (Å²) in [6, 6.07) is 0. The van der Waals surface area contributed by atoms with Gasteiger partial charge in [-0.3, -0.25) is 0 Å². The van der Waals surface area contributed by atoms with E-state index in [4.69, 9.17) is 10.9 Å². The van der Waals surface area contributed by atoms with E-state index in [0.29, 0.717) is 11.4 Å². The first-order chi connectivity index (χ1) is 4.91. The molecule has 1 atom stereocenters. The van der Waals surface area contributed by atoms with E-state index >= 15 is 0 Å². The number of nitrogens with two attached hydrogens (primary N) is 2. The molecular weight excluding hydrogens is 184 g/mol. The predicted octanol–water partition coefficient (Wildman–Crippen LogP) is -0.0719. The lowest BCUT2D eigenvalue weighted by Crippen LogP contribution is -2.16. The molecule has 1 aliphatic heterocycles. The summed E-state index contributed by atoms with van der Waals surface area (Å²) in [5, 5.41) is 5.49. The van der Waals surface area contributed by atoms with Gasteiger partial charge < -0.3 is 5.73 Å². The van der Waals surface area contributed by atoms with Gasteiger partial charge >= 0.3 is 0 Å². The van der Waals surface area contributed by atoms with Gasteiger partial charge in [0.15, 0.2) is 0 Å². The van der Waals surface area contributed by atoms with Gasteiger partial charge in [-0.2, -0.15) is 0 Å². The average Bonchev–Trinajstić information content (AvgIpc) is 2.08. The SMILES string of the molecule is CC1CC(S(N)(=O)=O)=C(N)S1. The number of sulfonamides is 1. The molecule has 6 heteroatoms. The third-order valence-electron chi connectivity index (χ3n) is 1.42. The molecule has 0 aromatic rings.